The summed E-state index contributed by atoms with van der Waals surface area (Å²) in [5.74, 6) is 3.10. The number of fused-ring (bicyclic) bond motifs is 1. The van der Waals surface area contributed by atoms with Gasteiger partial charge in [-0.2, -0.15) is 0 Å². The second-order valence-electron chi connectivity index (χ2n) is 6.52. The van der Waals surface area contributed by atoms with Crippen molar-refractivity contribution in [3.8, 4) is 23.0 Å². The lowest BCUT2D eigenvalue weighted by atomic mass is 10.2. The minimum Gasteiger partial charge on any atom is -0.493 e. The first-order valence-electron chi connectivity index (χ1n) is 9.28. The molecule has 3 heterocycles. The lowest BCUT2D eigenvalue weighted by Crippen LogP contribution is -2.16. The molecule has 10 heteroatoms. The van der Waals surface area contributed by atoms with Crippen LogP contribution in [0.4, 0.5) is 5.82 Å². The van der Waals surface area contributed by atoms with Crippen LogP contribution in [0, 0.1) is 6.92 Å². The number of hydrogen-bond donors (Lipinski definition) is 1. The molecule has 1 aromatic carbocycles. The van der Waals surface area contributed by atoms with Gasteiger partial charge in [-0.3, -0.25) is 9.78 Å². The molecular weight excluding hydrogens is 402 g/mol. The number of carbonyl (C=O) groups excluding carboxylic acids is 1. The summed E-state index contributed by atoms with van der Waals surface area (Å²) >= 11 is 0. The zero-order valence-corrected chi connectivity index (χ0v) is 17.1. The maximum absolute atomic E-state index is 12.1. The predicted octanol–water partition coefficient (Wildman–Crippen LogP) is 3.31. The Bertz CT molecular complexity index is 1220. The first-order valence-corrected chi connectivity index (χ1v) is 9.28. The van der Waals surface area contributed by atoms with Crippen molar-refractivity contribution in [1.29, 1.82) is 0 Å². The van der Waals surface area contributed by atoms with Gasteiger partial charge in [0.25, 0.3) is 0 Å². The van der Waals surface area contributed by atoms with Crippen molar-refractivity contribution in [2.45, 2.75) is 13.3 Å². The SMILES string of the molecule is COc1cc2nccc(Oc3cnc(CC(=O)Nc4cc(C)on4)nc3)c2cc1OC. The number of benzene rings is 1. The third-order valence-electron chi connectivity index (χ3n) is 4.33. The molecule has 1 N–H and O–H groups in total. The van der Waals surface area contributed by atoms with Gasteiger partial charge < -0.3 is 24.1 Å². The number of methoxy groups -OCH3 is 2. The van der Waals surface area contributed by atoms with Gasteiger partial charge in [0.1, 0.15) is 17.3 Å². The van der Waals surface area contributed by atoms with E-state index in [0.29, 0.717) is 45.9 Å². The molecule has 1 amide bonds. The Morgan fingerprint density at radius 2 is 1.77 bits per heavy atom. The van der Waals surface area contributed by atoms with Crippen LogP contribution in [0.15, 0.2) is 47.4 Å². The van der Waals surface area contributed by atoms with Crippen LogP contribution in [0.1, 0.15) is 11.6 Å². The molecule has 4 rings (SSSR count). The molecule has 158 valence electrons. The van der Waals surface area contributed by atoms with Crippen LogP contribution in [0.3, 0.4) is 0 Å². The Kier molecular flexibility index (Phi) is 5.61. The van der Waals surface area contributed by atoms with Crippen LogP contribution >= 0.6 is 0 Å². The smallest absolute Gasteiger partial charge is 0.233 e. The average Bonchev–Trinajstić information content (AvgIpc) is 3.18. The van der Waals surface area contributed by atoms with Gasteiger partial charge in [0, 0.05) is 23.7 Å². The van der Waals surface area contributed by atoms with E-state index in [9.17, 15) is 4.79 Å². The van der Waals surface area contributed by atoms with Gasteiger partial charge >= 0.3 is 0 Å². The lowest BCUT2D eigenvalue weighted by molar-refractivity contribution is -0.115. The summed E-state index contributed by atoms with van der Waals surface area (Å²) in [7, 11) is 3.13. The van der Waals surface area contributed by atoms with Crippen LogP contribution in [0.2, 0.25) is 0 Å². The Morgan fingerprint density at radius 1 is 1.03 bits per heavy atom. The zero-order chi connectivity index (χ0) is 21.8. The number of amides is 1. The van der Waals surface area contributed by atoms with E-state index in [2.05, 4.69) is 25.4 Å². The monoisotopic (exact) mass is 421 g/mol. The van der Waals surface area contributed by atoms with Crippen molar-refractivity contribution in [2.24, 2.45) is 0 Å². The Hall–Kier alpha value is -4.21. The van der Waals surface area contributed by atoms with Gasteiger partial charge in [0.2, 0.25) is 5.91 Å². The van der Waals surface area contributed by atoms with Crippen molar-refractivity contribution in [1.82, 2.24) is 20.1 Å². The van der Waals surface area contributed by atoms with Crippen molar-refractivity contribution in [3.63, 3.8) is 0 Å². The molecule has 0 aliphatic heterocycles. The number of anilines is 1. The van der Waals surface area contributed by atoms with Crippen LogP contribution in [0.5, 0.6) is 23.0 Å². The summed E-state index contributed by atoms with van der Waals surface area (Å²) < 4.78 is 21.5. The fourth-order valence-corrected chi connectivity index (χ4v) is 2.91. The number of rotatable bonds is 7. The molecule has 0 spiro atoms. The zero-order valence-electron chi connectivity index (χ0n) is 17.1. The maximum atomic E-state index is 12.1. The van der Waals surface area contributed by atoms with E-state index in [4.69, 9.17) is 18.7 Å². The van der Waals surface area contributed by atoms with E-state index in [1.807, 2.05) is 0 Å². The number of aryl methyl sites for hydroxylation is 1. The van der Waals surface area contributed by atoms with E-state index in [-0.39, 0.29) is 12.3 Å². The quantitative estimate of drug-likeness (QED) is 0.479. The van der Waals surface area contributed by atoms with Crippen molar-refractivity contribution in [3.05, 3.63) is 54.4 Å². The van der Waals surface area contributed by atoms with E-state index in [1.54, 1.807) is 51.6 Å². The fraction of sp³-hybridized carbons (Fsp3) is 0.190. The second kappa shape index (κ2) is 8.66. The number of aromatic nitrogens is 4. The highest BCUT2D eigenvalue weighted by atomic mass is 16.5. The Balaban J connectivity index is 1.48. The van der Waals surface area contributed by atoms with Crippen molar-refractivity contribution in [2.75, 3.05) is 19.5 Å². The van der Waals surface area contributed by atoms with Gasteiger partial charge in [-0.05, 0) is 19.1 Å². The molecule has 0 saturated heterocycles. The molecule has 0 aliphatic rings. The van der Waals surface area contributed by atoms with Gasteiger partial charge in [-0.15, -0.1) is 0 Å². The molecule has 3 aromatic heterocycles. The molecule has 31 heavy (non-hydrogen) atoms. The molecule has 0 bridgehead atoms. The number of ether oxygens (including phenoxy) is 3. The lowest BCUT2D eigenvalue weighted by Gasteiger charge is -2.12. The molecule has 0 aliphatic carbocycles. The number of carbonyl (C=O) groups is 1. The topological polar surface area (TPSA) is 121 Å². The van der Waals surface area contributed by atoms with Gasteiger partial charge in [-0.25, -0.2) is 9.97 Å². The van der Waals surface area contributed by atoms with Gasteiger partial charge in [0.15, 0.2) is 23.1 Å². The Morgan fingerprint density at radius 3 is 2.45 bits per heavy atom. The standard InChI is InChI=1S/C21H19N5O5/c1-12-6-20(26-31-12)25-21(27)9-19-23-10-13(11-24-19)30-16-4-5-22-15-8-18(29-3)17(28-2)7-14(15)16/h4-8,10-11H,9H2,1-3H3,(H,25,26,27). The normalized spacial score (nSPS) is 10.7. The predicted molar refractivity (Wildman–Crippen MR) is 111 cm³/mol. The molecule has 0 fully saturated rings. The van der Waals surface area contributed by atoms with E-state index in [1.165, 1.54) is 12.4 Å². The Labute approximate surface area is 177 Å². The van der Waals surface area contributed by atoms with Crippen molar-refractivity contribution < 1.29 is 23.5 Å². The highest BCUT2D eigenvalue weighted by Gasteiger charge is 2.13. The van der Waals surface area contributed by atoms with Crippen LogP contribution in [-0.4, -0.2) is 40.2 Å². The summed E-state index contributed by atoms with van der Waals surface area (Å²) in [6.07, 6.45) is 4.63. The summed E-state index contributed by atoms with van der Waals surface area (Å²) in [6.45, 7) is 1.74. The molecule has 0 saturated carbocycles. The van der Waals surface area contributed by atoms with Gasteiger partial charge in [0.05, 0.1) is 38.6 Å². The minimum atomic E-state index is -0.303. The van der Waals surface area contributed by atoms with Crippen LogP contribution in [-0.2, 0) is 11.2 Å². The third-order valence-corrected chi connectivity index (χ3v) is 4.33. The molecule has 4 aromatic rings. The van der Waals surface area contributed by atoms with Crippen LogP contribution < -0.4 is 19.5 Å². The second-order valence-corrected chi connectivity index (χ2v) is 6.52. The van der Waals surface area contributed by atoms with Crippen LogP contribution in [0.25, 0.3) is 10.9 Å². The summed E-state index contributed by atoms with van der Waals surface area (Å²) in [5.41, 5.74) is 0.687. The fourth-order valence-electron chi connectivity index (χ4n) is 2.91. The number of nitrogens with zero attached hydrogens (tertiary/aromatic N) is 4. The minimum absolute atomic E-state index is 0.0125. The van der Waals surface area contributed by atoms with Gasteiger partial charge in [-0.1, -0.05) is 5.16 Å². The first kappa shape index (κ1) is 20.1. The molecular formula is C21H19N5O5. The highest BCUT2D eigenvalue weighted by Crippen LogP contribution is 2.36. The molecule has 10 nitrogen and oxygen atoms in total. The molecule has 0 unspecified atom stereocenters. The number of nitrogens with one attached hydrogen (secondary N) is 1. The number of pyridine rings is 1. The summed E-state index contributed by atoms with van der Waals surface area (Å²) in [5, 5.41) is 7.08. The first-order chi connectivity index (χ1) is 15.1. The maximum Gasteiger partial charge on any atom is 0.233 e. The molecule has 0 radical (unpaired) electrons. The average molecular weight is 421 g/mol. The van der Waals surface area contributed by atoms with E-state index < -0.39 is 0 Å². The highest BCUT2D eigenvalue weighted by molar-refractivity contribution is 5.91. The summed E-state index contributed by atoms with van der Waals surface area (Å²) in [6, 6.07) is 6.92. The van der Waals surface area contributed by atoms with E-state index in [0.717, 1.165) is 5.39 Å². The largest absolute Gasteiger partial charge is 0.493 e. The molecule has 0 atom stereocenters. The van der Waals surface area contributed by atoms with Crippen molar-refractivity contribution >= 4 is 22.6 Å². The van der Waals surface area contributed by atoms with E-state index >= 15 is 0 Å². The third kappa shape index (κ3) is 4.53. The summed E-state index contributed by atoms with van der Waals surface area (Å²) in [4.78, 5) is 24.8. The number of hydrogen-bond acceptors (Lipinski definition) is 9.